The van der Waals surface area contributed by atoms with Crippen LogP contribution in [-0.4, -0.2) is 41.0 Å². The number of ketones is 2. The first-order valence-corrected chi connectivity index (χ1v) is 11.1. The van der Waals surface area contributed by atoms with Crippen molar-refractivity contribution in [3.63, 3.8) is 0 Å². The molecule has 4 aliphatic rings. The minimum absolute atomic E-state index is 0.00494. The fourth-order valence-electron chi connectivity index (χ4n) is 7.92. The summed E-state index contributed by atoms with van der Waals surface area (Å²) in [7, 11) is 0. The maximum Gasteiger partial charge on any atom is 0.302 e. The number of aliphatic hydroxyl groups is 1. The Balaban J connectivity index is 1.65. The lowest BCUT2D eigenvalue weighted by Crippen LogP contribution is -2.68. The molecular weight excluding hydrogens is 375 g/mol. The number of halogens is 1. The average molecular weight is 409 g/mol. The molecule has 8 atom stereocenters. The van der Waals surface area contributed by atoms with Crippen LogP contribution >= 0.6 is 0 Å². The van der Waals surface area contributed by atoms with Gasteiger partial charge in [0.15, 0.2) is 17.2 Å². The number of alkyl halides is 1. The van der Waals surface area contributed by atoms with Crippen LogP contribution in [0.1, 0.15) is 72.1 Å². The number of esters is 1. The Morgan fingerprint density at radius 2 is 1.83 bits per heavy atom. The highest BCUT2D eigenvalue weighted by Crippen LogP contribution is 2.69. The number of carbonyl (C=O) groups excluding carboxylic acids is 3. The first kappa shape index (κ1) is 21.0. The van der Waals surface area contributed by atoms with Gasteiger partial charge in [0.25, 0.3) is 0 Å². The Bertz CT molecular complexity index is 737. The third-order valence-electron chi connectivity index (χ3n) is 9.32. The summed E-state index contributed by atoms with van der Waals surface area (Å²) in [6.07, 6.45) is 4.48. The highest BCUT2D eigenvalue weighted by Gasteiger charge is 2.72. The normalized spacial score (nSPS) is 49.0. The fourth-order valence-corrected chi connectivity index (χ4v) is 7.92. The van der Waals surface area contributed by atoms with Crippen LogP contribution in [0.5, 0.6) is 0 Å². The van der Waals surface area contributed by atoms with Crippen LogP contribution in [-0.2, 0) is 19.1 Å². The van der Waals surface area contributed by atoms with Crippen LogP contribution in [0.25, 0.3) is 0 Å². The number of ether oxygens (including phenoxy) is 1. The van der Waals surface area contributed by atoms with Gasteiger partial charge in [0.1, 0.15) is 12.7 Å². The number of aliphatic hydroxyl groups excluding tert-OH is 1. The van der Waals surface area contributed by atoms with Gasteiger partial charge in [0, 0.05) is 30.6 Å². The molecule has 0 aromatic heterocycles. The molecule has 0 bridgehead atoms. The average Bonchev–Trinajstić information content (AvgIpc) is 2.99. The summed E-state index contributed by atoms with van der Waals surface area (Å²) in [6, 6.07) is 0. The summed E-state index contributed by atoms with van der Waals surface area (Å²) >= 11 is 0. The van der Waals surface area contributed by atoms with Crippen LogP contribution in [0.3, 0.4) is 0 Å². The fraction of sp³-hybridized carbons (Fsp3) is 0.870. The molecule has 0 amide bonds. The van der Waals surface area contributed by atoms with E-state index in [1.165, 1.54) is 6.92 Å². The molecule has 6 heteroatoms. The predicted octanol–water partition coefficient (Wildman–Crippen LogP) is 3.41. The molecule has 0 spiro atoms. The highest BCUT2D eigenvalue weighted by atomic mass is 19.1. The summed E-state index contributed by atoms with van der Waals surface area (Å²) in [5.41, 5.74) is -3.17. The van der Waals surface area contributed by atoms with Crippen molar-refractivity contribution in [3.8, 4) is 0 Å². The molecule has 1 N–H and O–H groups in total. The molecule has 162 valence electrons. The second-order valence-corrected chi connectivity index (χ2v) is 10.5. The standard InChI is InChI=1S/C23H33FO5/c1-13(26)29-15-8-9-22(3)14(10-15)4-5-17-16-6-7-18(19(27)12-25)21(16,2)11-20(28)23(17,22)24/h14-18,25H,4-12H2,1-3H3/t14?,15?,16-,17-,18+,21-,22-,23-/m0/s1. The van der Waals surface area contributed by atoms with Gasteiger partial charge in [-0.15, -0.1) is 0 Å². The van der Waals surface area contributed by atoms with Crippen LogP contribution < -0.4 is 0 Å². The van der Waals surface area contributed by atoms with E-state index in [9.17, 15) is 19.5 Å². The Morgan fingerprint density at radius 3 is 2.48 bits per heavy atom. The van der Waals surface area contributed by atoms with Gasteiger partial charge in [-0.3, -0.25) is 14.4 Å². The van der Waals surface area contributed by atoms with Crippen molar-refractivity contribution < 1.29 is 28.6 Å². The van der Waals surface area contributed by atoms with E-state index in [-0.39, 0.29) is 53.7 Å². The molecule has 4 rings (SSSR count). The summed E-state index contributed by atoms with van der Waals surface area (Å²) in [6.45, 7) is 4.78. The van der Waals surface area contributed by atoms with Crippen LogP contribution in [0, 0.1) is 34.5 Å². The molecule has 0 saturated heterocycles. The monoisotopic (exact) mass is 408 g/mol. The van der Waals surface area contributed by atoms with Gasteiger partial charge >= 0.3 is 5.97 Å². The second-order valence-electron chi connectivity index (χ2n) is 10.5. The number of hydrogen-bond acceptors (Lipinski definition) is 5. The van der Waals surface area contributed by atoms with Crippen molar-refractivity contribution >= 4 is 17.5 Å². The maximum absolute atomic E-state index is 16.9. The van der Waals surface area contributed by atoms with E-state index >= 15 is 4.39 Å². The second kappa shape index (κ2) is 6.86. The lowest BCUT2D eigenvalue weighted by Gasteiger charge is -2.62. The summed E-state index contributed by atoms with van der Waals surface area (Å²) in [5.74, 6) is -1.57. The van der Waals surface area contributed by atoms with Crippen molar-refractivity contribution in [1.82, 2.24) is 0 Å². The smallest absolute Gasteiger partial charge is 0.302 e. The Labute approximate surface area is 171 Å². The van der Waals surface area contributed by atoms with Crippen LogP contribution in [0.15, 0.2) is 0 Å². The number of carbonyl (C=O) groups is 3. The van der Waals surface area contributed by atoms with E-state index < -0.39 is 23.1 Å². The SMILES string of the molecule is CC(=O)OC1CC[C@@]2(C)C(CC[C@H]3[C@@H]4CC[C@H](C(=O)CO)[C@@]4(C)CC(=O)[C@@]32F)C1. The van der Waals surface area contributed by atoms with Gasteiger partial charge in [-0.2, -0.15) is 0 Å². The molecule has 4 aliphatic carbocycles. The van der Waals surface area contributed by atoms with Crippen molar-refractivity contribution in [2.75, 3.05) is 6.61 Å². The van der Waals surface area contributed by atoms with E-state index in [1.807, 2.05) is 13.8 Å². The zero-order chi connectivity index (χ0) is 21.2. The number of Topliss-reactive ketones (excluding diaryl/α,β-unsaturated/α-hetero) is 2. The summed E-state index contributed by atoms with van der Waals surface area (Å²) in [5, 5.41) is 9.39. The largest absolute Gasteiger partial charge is 0.463 e. The first-order valence-electron chi connectivity index (χ1n) is 11.1. The third-order valence-corrected chi connectivity index (χ3v) is 9.32. The maximum atomic E-state index is 16.9. The molecule has 5 nitrogen and oxygen atoms in total. The van der Waals surface area contributed by atoms with Crippen molar-refractivity contribution in [1.29, 1.82) is 0 Å². The van der Waals surface area contributed by atoms with Crippen molar-refractivity contribution in [2.45, 2.75) is 83.9 Å². The zero-order valence-corrected chi connectivity index (χ0v) is 17.7. The van der Waals surface area contributed by atoms with Gasteiger partial charge in [-0.05, 0) is 62.2 Å². The quantitative estimate of drug-likeness (QED) is 0.724. The first-order chi connectivity index (χ1) is 13.6. The van der Waals surface area contributed by atoms with Crippen LogP contribution in [0.2, 0.25) is 0 Å². The van der Waals surface area contributed by atoms with Gasteiger partial charge in [-0.1, -0.05) is 13.8 Å². The number of rotatable bonds is 3. The summed E-state index contributed by atoms with van der Waals surface area (Å²) < 4.78 is 22.4. The lowest BCUT2D eigenvalue weighted by molar-refractivity contribution is -0.204. The Kier molecular flexibility index (Phi) is 4.96. The van der Waals surface area contributed by atoms with Crippen molar-refractivity contribution in [2.24, 2.45) is 34.5 Å². The molecule has 4 saturated carbocycles. The Morgan fingerprint density at radius 1 is 1.14 bits per heavy atom. The molecule has 0 aliphatic heterocycles. The predicted molar refractivity (Wildman–Crippen MR) is 104 cm³/mol. The van der Waals surface area contributed by atoms with Gasteiger partial charge in [0.05, 0.1) is 0 Å². The molecule has 0 heterocycles. The van der Waals surface area contributed by atoms with Gasteiger partial charge < -0.3 is 9.84 Å². The minimum atomic E-state index is -1.88. The van der Waals surface area contributed by atoms with E-state index in [0.717, 1.165) is 12.8 Å². The topological polar surface area (TPSA) is 80.7 Å². The molecule has 0 aromatic carbocycles. The minimum Gasteiger partial charge on any atom is -0.463 e. The molecule has 2 unspecified atom stereocenters. The molecule has 4 fully saturated rings. The highest BCUT2D eigenvalue weighted by molar-refractivity contribution is 5.92. The molecule has 0 aromatic rings. The zero-order valence-electron chi connectivity index (χ0n) is 17.7. The van der Waals surface area contributed by atoms with Crippen molar-refractivity contribution in [3.05, 3.63) is 0 Å². The van der Waals surface area contributed by atoms with E-state index in [0.29, 0.717) is 32.1 Å². The Hall–Kier alpha value is -1.30. The summed E-state index contributed by atoms with van der Waals surface area (Å²) in [4.78, 5) is 37.1. The van der Waals surface area contributed by atoms with E-state index in [1.54, 1.807) is 0 Å². The number of hydrogen-bond donors (Lipinski definition) is 1. The molecule has 29 heavy (non-hydrogen) atoms. The van der Waals surface area contributed by atoms with Gasteiger partial charge in [0.2, 0.25) is 0 Å². The third kappa shape index (κ3) is 2.77. The molecular formula is C23H33FO5. The lowest BCUT2D eigenvalue weighted by atomic mass is 9.42. The number of fused-ring (bicyclic) bond motifs is 5. The van der Waals surface area contributed by atoms with E-state index in [2.05, 4.69) is 0 Å². The van der Waals surface area contributed by atoms with Crippen LogP contribution in [0.4, 0.5) is 4.39 Å². The van der Waals surface area contributed by atoms with E-state index in [4.69, 9.17) is 4.74 Å². The van der Waals surface area contributed by atoms with Gasteiger partial charge in [-0.25, -0.2) is 4.39 Å². The molecule has 0 radical (unpaired) electrons.